The Bertz CT molecular complexity index is 904. The van der Waals surface area contributed by atoms with Crippen molar-refractivity contribution >= 4 is 28.3 Å². The Labute approximate surface area is 158 Å². The molecule has 0 radical (unpaired) electrons. The minimum absolute atomic E-state index is 0.0437. The van der Waals surface area contributed by atoms with Gasteiger partial charge in [0.05, 0.1) is 13.2 Å². The van der Waals surface area contributed by atoms with Crippen LogP contribution >= 0.6 is 0 Å². The summed E-state index contributed by atoms with van der Waals surface area (Å²) in [5.74, 6) is 0.400. The molecule has 0 aliphatic rings. The van der Waals surface area contributed by atoms with Crippen LogP contribution in [0.15, 0.2) is 72.8 Å². The average molecular weight is 362 g/mol. The molecule has 27 heavy (non-hydrogen) atoms. The van der Waals surface area contributed by atoms with E-state index >= 15 is 0 Å². The third-order valence-corrected chi connectivity index (χ3v) is 4.06. The largest absolute Gasteiger partial charge is 0.493 e. The first-order valence-electron chi connectivity index (χ1n) is 8.94. The molecule has 0 atom stereocenters. The van der Waals surface area contributed by atoms with Gasteiger partial charge in [-0.15, -0.1) is 0 Å². The monoisotopic (exact) mass is 362 g/mol. The second kappa shape index (κ2) is 9.38. The molecule has 138 valence electrons. The fourth-order valence-electron chi connectivity index (χ4n) is 2.73. The van der Waals surface area contributed by atoms with Crippen LogP contribution < -0.4 is 15.4 Å². The van der Waals surface area contributed by atoms with E-state index in [1.54, 1.807) is 12.1 Å². The van der Waals surface area contributed by atoms with Crippen LogP contribution in [-0.2, 0) is 9.59 Å². The van der Waals surface area contributed by atoms with Crippen molar-refractivity contribution in [3.63, 3.8) is 0 Å². The molecule has 0 bridgehead atoms. The quantitative estimate of drug-likeness (QED) is 0.600. The van der Waals surface area contributed by atoms with Crippen molar-refractivity contribution in [2.45, 2.75) is 12.8 Å². The van der Waals surface area contributed by atoms with Crippen molar-refractivity contribution in [1.82, 2.24) is 5.32 Å². The van der Waals surface area contributed by atoms with Crippen LogP contribution in [0.4, 0.5) is 5.69 Å². The first kappa shape index (κ1) is 18.5. The lowest BCUT2D eigenvalue weighted by atomic mass is 10.1. The molecule has 0 spiro atoms. The Kier molecular flexibility index (Phi) is 6.41. The summed E-state index contributed by atoms with van der Waals surface area (Å²) in [6.45, 7) is 0.398. The van der Waals surface area contributed by atoms with E-state index < -0.39 is 0 Å². The number of amides is 2. The second-order valence-electron chi connectivity index (χ2n) is 6.12. The third-order valence-electron chi connectivity index (χ3n) is 4.06. The zero-order chi connectivity index (χ0) is 18.9. The van der Waals surface area contributed by atoms with Crippen molar-refractivity contribution in [1.29, 1.82) is 0 Å². The average Bonchev–Trinajstić information content (AvgIpc) is 2.70. The van der Waals surface area contributed by atoms with Crippen molar-refractivity contribution in [3.05, 3.63) is 72.8 Å². The summed E-state index contributed by atoms with van der Waals surface area (Å²) in [4.78, 5) is 23.7. The Hall–Kier alpha value is -3.34. The van der Waals surface area contributed by atoms with E-state index in [1.165, 1.54) is 0 Å². The highest BCUT2D eigenvalue weighted by Gasteiger charge is 2.06. The Morgan fingerprint density at radius 1 is 0.815 bits per heavy atom. The summed E-state index contributed by atoms with van der Waals surface area (Å²) in [5.41, 5.74) is 0.709. The molecule has 0 aromatic heterocycles. The smallest absolute Gasteiger partial charge is 0.243 e. The number of hydrogen-bond donors (Lipinski definition) is 2. The van der Waals surface area contributed by atoms with Gasteiger partial charge in [0.25, 0.3) is 0 Å². The van der Waals surface area contributed by atoms with Gasteiger partial charge in [-0.2, -0.15) is 0 Å². The summed E-state index contributed by atoms with van der Waals surface area (Å²) in [7, 11) is 0. The predicted molar refractivity (Wildman–Crippen MR) is 107 cm³/mol. The van der Waals surface area contributed by atoms with Gasteiger partial charge in [-0.05, 0) is 30.0 Å². The maximum Gasteiger partial charge on any atom is 0.243 e. The van der Waals surface area contributed by atoms with Gasteiger partial charge in [0, 0.05) is 17.5 Å². The molecule has 0 heterocycles. The molecule has 3 rings (SSSR count). The molecule has 0 aliphatic carbocycles. The van der Waals surface area contributed by atoms with Crippen molar-refractivity contribution in [3.8, 4) is 5.75 Å². The number of ether oxygens (including phenoxy) is 1. The van der Waals surface area contributed by atoms with Crippen LogP contribution in [0, 0.1) is 0 Å². The fourth-order valence-corrected chi connectivity index (χ4v) is 2.73. The van der Waals surface area contributed by atoms with Crippen LogP contribution in [0.3, 0.4) is 0 Å². The molecule has 2 amide bonds. The molecule has 0 saturated carbocycles. The highest BCUT2D eigenvalue weighted by Crippen LogP contribution is 2.25. The SMILES string of the molecule is O=C(CCCOc1cccc2ccccc12)NCC(=O)Nc1ccccc1. The first-order chi connectivity index (χ1) is 13.2. The van der Waals surface area contributed by atoms with Gasteiger partial charge in [0.2, 0.25) is 11.8 Å². The molecule has 0 aliphatic heterocycles. The molecular formula is C22H22N2O3. The second-order valence-corrected chi connectivity index (χ2v) is 6.12. The van der Waals surface area contributed by atoms with Crippen LogP contribution in [0.1, 0.15) is 12.8 Å². The summed E-state index contributed by atoms with van der Waals surface area (Å²) >= 11 is 0. The van der Waals surface area contributed by atoms with E-state index in [0.717, 1.165) is 16.5 Å². The number of para-hydroxylation sites is 1. The topological polar surface area (TPSA) is 67.4 Å². The molecule has 0 unspecified atom stereocenters. The highest BCUT2D eigenvalue weighted by molar-refractivity contribution is 5.94. The van der Waals surface area contributed by atoms with E-state index in [0.29, 0.717) is 25.1 Å². The number of carbonyl (C=O) groups is 2. The van der Waals surface area contributed by atoms with Gasteiger partial charge in [-0.1, -0.05) is 54.6 Å². The van der Waals surface area contributed by atoms with E-state index in [9.17, 15) is 9.59 Å². The maximum absolute atomic E-state index is 11.9. The molecule has 0 saturated heterocycles. The molecule has 5 nitrogen and oxygen atoms in total. The molecule has 0 fully saturated rings. The van der Waals surface area contributed by atoms with Gasteiger partial charge in [-0.25, -0.2) is 0 Å². The van der Waals surface area contributed by atoms with Gasteiger partial charge >= 0.3 is 0 Å². The van der Waals surface area contributed by atoms with Gasteiger partial charge < -0.3 is 15.4 Å². The van der Waals surface area contributed by atoms with Gasteiger partial charge in [0.1, 0.15) is 5.75 Å². The summed E-state index contributed by atoms with van der Waals surface area (Å²) in [6.07, 6.45) is 0.888. The minimum atomic E-state index is -0.249. The van der Waals surface area contributed by atoms with Crippen LogP contribution in [0.2, 0.25) is 0 Å². The van der Waals surface area contributed by atoms with Crippen LogP contribution in [-0.4, -0.2) is 25.0 Å². The summed E-state index contributed by atoms with van der Waals surface area (Å²) in [5, 5.41) is 7.53. The lowest BCUT2D eigenvalue weighted by Gasteiger charge is -2.10. The molecule has 2 N–H and O–H groups in total. The minimum Gasteiger partial charge on any atom is -0.493 e. The molecule has 5 heteroatoms. The third kappa shape index (κ3) is 5.57. The van der Waals surface area contributed by atoms with E-state index in [4.69, 9.17) is 4.74 Å². The van der Waals surface area contributed by atoms with E-state index in [-0.39, 0.29) is 18.4 Å². The van der Waals surface area contributed by atoms with Crippen molar-refractivity contribution in [2.24, 2.45) is 0 Å². The number of benzene rings is 3. The summed E-state index contributed by atoms with van der Waals surface area (Å²) < 4.78 is 5.81. The van der Waals surface area contributed by atoms with Crippen LogP contribution in [0.25, 0.3) is 10.8 Å². The standard InChI is InChI=1S/C22H22N2O3/c25-21(23-16-22(26)24-18-10-2-1-3-11-18)14-7-15-27-20-13-6-9-17-8-4-5-12-19(17)20/h1-6,8-13H,7,14-16H2,(H,23,25)(H,24,26). The Balaban J connectivity index is 1.36. The maximum atomic E-state index is 11.9. The Morgan fingerprint density at radius 3 is 2.41 bits per heavy atom. The Morgan fingerprint density at radius 2 is 1.56 bits per heavy atom. The fraction of sp³-hybridized carbons (Fsp3) is 0.182. The number of rotatable bonds is 8. The van der Waals surface area contributed by atoms with Gasteiger partial charge in [0.15, 0.2) is 0 Å². The molecule has 3 aromatic rings. The van der Waals surface area contributed by atoms with Crippen LogP contribution in [0.5, 0.6) is 5.75 Å². The zero-order valence-corrected chi connectivity index (χ0v) is 15.0. The molecular weight excluding hydrogens is 340 g/mol. The normalized spacial score (nSPS) is 10.4. The highest BCUT2D eigenvalue weighted by atomic mass is 16.5. The number of anilines is 1. The van der Waals surface area contributed by atoms with Gasteiger partial charge in [-0.3, -0.25) is 9.59 Å². The molecule has 3 aromatic carbocycles. The number of nitrogens with one attached hydrogen (secondary N) is 2. The number of hydrogen-bond acceptors (Lipinski definition) is 3. The van der Waals surface area contributed by atoms with Crippen molar-refractivity contribution < 1.29 is 14.3 Å². The first-order valence-corrected chi connectivity index (χ1v) is 8.94. The van der Waals surface area contributed by atoms with E-state index in [2.05, 4.69) is 10.6 Å². The zero-order valence-electron chi connectivity index (χ0n) is 15.0. The lowest BCUT2D eigenvalue weighted by Crippen LogP contribution is -2.32. The summed E-state index contributed by atoms with van der Waals surface area (Å²) in [6, 6.07) is 23.1. The lowest BCUT2D eigenvalue weighted by molar-refractivity contribution is -0.124. The predicted octanol–water partition coefficient (Wildman–Crippen LogP) is 3.75. The van der Waals surface area contributed by atoms with E-state index in [1.807, 2.05) is 60.7 Å². The number of fused-ring (bicyclic) bond motifs is 1. The number of carbonyl (C=O) groups excluding carboxylic acids is 2. The van der Waals surface area contributed by atoms with Crippen molar-refractivity contribution in [2.75, 3.05) is 18.5 Å².